The fraction of sp³-hybridized carbons (Fsp3) is 0.500. The van der Waals surface area contributed by atoms with E-state index in [9.17, 15) is 10.1 Å². The van der Waals surface area contributed by atoms with Crippen molar-refractivity contribution in [3.8, 4) is 6.07 Å². The molecule has 3 rings (SSSR count). The predicted octanol–water partition coefficient (Wildman–Crippen LogP) is 3.13. The van der Waals surface area contributed by atoms with Crippen molar-refractivity contribution in [2.24, 2.45) is 5.92 Å². The Labute approximate surface area is 129 Å². The number of amides is 1. The Balaban J connectivity index is 1.92. The van der Waals surface area contributed by atoms with Crippen LogP contribution in [0, 0.1) is 17.2 Å². The molecule has 1 aromatic carbocycles. The number of carbonyl (C=O) groups excluding carboxylic acids is 1. The minimum Gasteiger partial charge on any atom is -0.368 e. The van der Waals surface area contributed by atoms with Crippen molar-refractivity contribution < 1.29 is 9.53 Å². The molecular formula is C16H17ClN2O2. The predicted molar refractivity (Wildman–Crippen MR) is 80.2 cm³/mol. The van der Waals surface area contributed by atoms with Gasteiger partial charge in [-0.3, -0.25) is 4.79 Å². The van der Waals surface area contributed by atoms with Crippen molar-refractivity contribution in [1.29, 1.82) is 5.26 Å². The second-order valence-electron chi connectivity index (χ2n) is 5.67. The maximum Gasteiger partial charge on any atom is 0.256 e. The van der Waals surface area contributed by atoms with E-state index in [1.54, 1.807) is 23.1 Å². The standard InChI is InChI=1S/C16H17ClN2O2/c17-13-6-5-12(9-18)14(8-13)19(10-11-3-4-11)16(20)15-2-1-7-21-15/h5-6,8,11,15H,1-4,7,10H2. The van der Waals surface area contributed by atoms with Crippen LogP contribution in [0.4, 0.5) is 5.69 Å². The van der Waals surface area contributed by atoms with Gasteiger partial charge in [-0.25, -0.2) is 0 Å². The lowest BCUT2D eigenvalue weighted by Crippen LogP contribution is -2.40. The molecule has 1 atom stereocenters. The smallest absolute Gasteiger partial charge is 0.256 e. The van der Waals surface area contributed by atoms with Gasteiger partial charge < -0.3 is 9.64 Å². The molecule has 110 valence electrons. The summed E-state index contributed by atoms with van der Waals surface area (Å²) in [5.74, 6) is 0.485. The first-order chi connectivity index (χ1) is 10.2. The van der Waals surface area contributed by atoms with E-state index < -0.39 is 0 Å². The van der Waals surface area contributed by atoms with E-state index in [0.717, 1.165) is 25.7 Å². The number of carbonyl (C=O) groups is 1. The van der Waals surface area contributed by atoms with Crippen molar-refractivity contribution in [1.82, 2.24) is 0 Å². The highest BCUT2D eigenvalue weighted by Gasteiger charge is 2.34. The van der Waals surface area contributed by atoms with Crippen LogP contribution in [0.25, 0.3) is 0 Å². The number of ether oxygens (including phenoxy) is 1. The number of benzene rings is 1. The van der Waals surface area contributed by atoms with Gasteiger partial charge in [0.2, 0.25) is 0 Å². The summed E-state index contributed by atoms with van der Waals surface area (Å²) in [6, 6.07) is 7.20. The van der Waals surface area contributed by atoms with Crippen LogP contribution >= 0.6 is 11.6 Å². The molecule has 1 amide bonds. The third-order valence-electron chi connectivity index (χ3n) is 3.98. The van der Waals surface area contributed by atoms with Crippen LogP contribution in [-0.4, -0.2) is 25.2 Å². The molecule has 2 fully saturated rings. The number of hydrogen-bond acceptors (Lipinski definition) is 3. The lowest BCUT2D eigenvalue weighted by Gasteiger charge is -2.26. The topological polar surface area (TPSA) is 53.3 Å². The number of anilines is 1. The van der Waals surface area contributed by atoms with E-state index in [0.29, 0.717) is 35.3 Å². The van der Waals surface area contributed by atoms with Gasteiger partial charge in [-0.15, -0.1) is 0 Å². The number of halogens is 1. The Morgan fingerprint density at radius 2 is 2.24 bits per heavy atom. The van der Waals surface area contributed by atoms with Gasteiger partial charge in [0.15, 0.2) is 0 Å². The van der Waals surface area contributed by atoms with Crippen molar-refractivity contribution in [2.75, 3.05) is 18.1 Å². The van der Waals surface area contributed by atoms with Crippen molar-refractivity contribution >= 4 is 23.2 Å². The lowest BCUT2D eigenvalue weighted by molar-refractivity contribution is -0.127. The number of nitrogens with zero attached hydrogens (tertiary/aromatic N) is 2. The molecule has 1 aliphatic carbocycles. The fourth-order valence-electron chi connectivity index (χ4n) is 2.63. The summed E-state index contributed by atoms with van der Waals surface area (Å²) < 4.78 is 5.52. The van der Waals surface area contributed by atoms with Gasteiger partial charge in [-0.2, -0.15) is 5.26 Å². The highest BCUT2D eigenvalue weighted by molar-refractivity contribution is 6.31. The number of rotatable bonds is 4. The van der Waals surface area contributed by atoms with Crippen LogP contribution in [0.1, 0.15) is 31.2 Å². The Morgan fingerprint density at radius 1 is 1.43 bits per heavy atom. The minimum absolute atomic E-state index is 0.0434. The van der Waals surface area contributed by atoms with E-state index in [1.807, 2.05) is 0 Å². The first kappa shape index (κ1) is 14.4. The molecule has 0 spiro atoms. The molecule has 4 nitrogen and oxygen atoms in total. The monoisotopic (exact) mass is 304 g/mol. The zero-order valence-electron chi connectivity index (χ0n) is 11.7. The maximum absolute atomic E-state index is 12.7. The molecule has 21 heavy (non-hydrogen) atoms. The van der Waals surface area contributed by atoms with Crippen LogP contribution in [0.2, 0.25) is 5.02 Å². The van der Waals surface area contributed by atoms with Gasteiger partial charge in [-0.1, -0.05) is 11.6 Å². The molecule has 2 aliphatic rings. The Kier molecular flexibility index (Phi) is 4.14. The van der Waals surface area contributed by atoms with Gasteiger partial charge in [0.1, 0.15) is 12.2 Å². The quantitative estimate of drug-likeness (QED) is 0.858. The summed E-state index contributed by atoms with van der Waals surface area (Å²) in [5.41, 5.74) is 1.09. The van der Waals surface area contributed by atoms with Gasteiger partial charge in [0.05, 0.1) is 11.3 Å². The van der Waals surface area contributed by atoms with E-state index in [-0.39, 0.29) is 12.0 Å². The molecule has 0 radical (unpaired) electrons. The first-order valence-electron chi connectivity index (χ1n) is 7.31. The molecule has 1 saturated heterocycles. The van der Waals surface area contributed by atoms with E-state index in [4.69, 9.17) is 16.3 Å². The summed E-state index contributed by atoms with van der Waals surface area (Å²) in [5, 5.41) is 9.83. The highest BCUT2D eigenvalue weighted by Crippen LogP contribution is 2.34. The average molecular weight is 305 g/mol. The number of hydrogen-bond donors (Lipinski definition) is 0. The van der Waals surface area contributed by atoms with Gasteiger partial charge in [0.25, 0.3) is 5.91 Å². The van der Waals surface area contributed by atoms with Crippen LogP contribution in [0.3, 0.4) is 0 Å². The fourth-order valence-corrected chi connectivity index (χ4v) is 2.80. The molecule has 0 aromatic heterocycles. The Hall–Kier alpha value is -1.57. The SMILES string of the molecule is N#Cc1ccc(Cl)cc1N(CC1CC1)C(=O)C1CCCO1. The van der Waals surface area contributed by atoms with E-state index >= 15 is 0 Å². The summed E-state index contributed by atoms with van der Waals surface area (Å²) in [6.45, 7) is 1.28. The van der Waals surface area contributed by atoms with Gasteiger partial charge in [-0.05, 0) is 49.8 Å². The molecule has 1 saturated carbocycles. The van der Waals surface area contributed by atoms with Crippen LogP contribution < -0.4 is 4.90 Å². The Morgan fingerprint density at radius 3 is 2.86 bits per heavy atom. The third-order valence-corrected chi connectivity index (χ3v) is 4.21. The minimum atomic E-state index is -0.380. The van der Waals surface area contributed by atoms with Crippen molar-refractivity contribution in [3.63, 3.8) is 0 Å². The maximum atomic E-state index is 12.7. The summed E-state index contributed by atoms with van der Waals surface area (Å²) in [6.07, 6.45) is 3.56. The molecule has 1 heterocycles. The van der Waals surface area contributed by atoms with Crippen LogP contribution in [-0.2, 0) is 9.53 Å². The molecule has 0 bridgehead atoms. The zero-order valence-corrected chi connectivity index (χ0v) is 12.5. The number of nitriles is 1. The molecule has 1 aromatic rings. The van der Waals surface area contributed by atoms with Crippen LogP contribution in [0.5, 0.6) is 0 Å². The second kappa shape index (κ2) is 6.05. The van der Waals surface area contributed by atoms with Crippen molar-refractivity contribution in [3.05, 3.63) is 28.8 Å². The van der Waals surface area contributed by atoms with E-state index in [1.165, 1.54) is 0 Å². The highest BCUT2D eigenvalue weighted by atomic mass is 35.5. The molecule has 1 unspecified atom stereocenters. The molecule has 1 aliphatic heterocycles. The largest absolute Gasteiger partial charge is 0.368 e. The van der Waals surface area contributed by atoms with E-state index in [2.05, 4.69) is 6.07 Å². The third kappa shape index (κ3) is 3.20. The first-order valence-corrected chi connectivity index (χ1v) is 7.69. The summed E-state index contributed by atoms with van der Waals surface area (Å²) >= 11 is 6.06. The second-order valence-corrected chi connectivity index (χ2v) is 6.10. The van der Waals surface area contributed by atoms with Crippen LogP contribution in [0.15, 0.2) is 18.2 Å². The van der Waals surface area contributed by atoms with Crippen molar-refractivity contribution in [2.45, 2.75) is 31.8 Å². The molecule has 0 N–H and O–H groups in total. The zero-order chi connectivity index (χ0) is 14.8. The lowest BCUT2D eigenvalue weighted by atomic mass is 10.1. The normalized spacial score (nSPS) is 21.0. The molecular weight excluding hydrogens is 288 g/mol. The average Bonchev–Trinajstić information content (AvgIpc) is 3.14. The summed E-state index contributed by atoms with van der Waals surface area (Å²) in [4.78, 5) is 14.4. The van der Waals surface area contributed by atoms with Gasteiger partial charge >= 0.3 is 0 Å². The summed E-state index contributed by atoms with van der Waals surface area (Å²) in [7, 11) is 0. The Bertz CT molecular complexity index is 586. The molecule has 5 heteroatoms. The van der Waals surface area contributed by atoms with Gasteiger partial charge in [0, 0.05) is 18.2 Å².